The third-order valence-electron chi connectivity index (χ3n) is 5.47. The summed E-state index contributed by atoms with van der Waals surface area (Å²) in [7, 11) is 0. The number of rotatable bonds is 17. The van der Waals surface area contributed by atoms with Crippen LogP contribution in [-0.4, -0.2) is 91.9 Å². The molecule has 0 radical (unpaired) electrons. The fraction of sp³-hybridized carbons (Fsp3) is 0.739. The lowest BCUT2D eigenvalue weighted by atomic mass is 10.0. The molecule has 36 heavy (non-hydrogen) atoms. The molecule has 0 bridgehead atoms. The Bertz CT molecular complexity index is 825. The fourth-order valence-electron chi connectivity index (χ4n) is 3.47. The topological polar surface area (TPSA) is 186 Å². The number of nitrogens with zero attached hydrogens (tertiary/aromatic N) is 1. The van der Waals surface area contributed by atoms with Gasteiger partial charge in [0.2, 0.25) is 23.6 Å². The molecule has 13 nitrogen and oxygen atoms in total. The predicted octanol–water partition coefficient (Wildman–Crippen LogP) is -0.922. The summed E-state index contributed by atoms with van der Waals surface area (Å²) in [6, 6.07) is -2.57. The van der Waals surface area contributed by atoms with E-state index in [-0.39, 0.29) is 76.0 Å². The van der Waals surface area contributed by atoms with Crippen LogP contribution in [0.2, 0.25) is 0 Å². The highest BCUT2D eigenvalue weighted by molar-refractivity contribution is 6.03. The van der Waals surface area contributed by atoms with Crippen molar-refractivity contribution >= 4 is 35.4 Å². The monoisotopic (exact) mass is 514 g/mol. The van der Waals surface area contributed by atoms with Crippen molar-refractivity contribution < 1.29 is 39.6 Å². The molecule has 3 atom stereocenters. The average molecular weight is 515 g/mol. The molecular formula is C23H39N5O8. The number of ether oxygens (including phenoxy) is 2. The van der Waals surface area contributed by atoms with E-state index in [1.54, 1.807) is 20.8 Å². The number of imide groups is 1. The molecule has 5 N–H and O–H groups in total. The minimum absolute atomic E-state index is 0.0870. The number of amides is 6. The zero-order chi connectivity index (χ0) is 28.0. The van der Waals surface area contributed by atoms with E-state index in [1.807, 2.05) is 0 Å². The summed E-state index contributed by atoms with van der Waals surface area (Å²) < 4.78 is 17.9. The number of carbonyl (C=O) groups is 6. The van der Waals surface area contributed by atoms with Gasteiger partial charge in [-0.05, 0) is 25.7 Å². The third-order valence-corrected chi connectivity index (χ3v) is 5.47. The number of urea groups is 1. The van der Waals surface area contributed by atoms with Crippen LogP contribution in [0.5, 0.6) is 0 Å². The summed E-state index contributed by atoms with van der Waals surface area (Å²) in [5.41, 5.74) is 5.00. The van der Waals surface area contributed by atoms with Gasteiger partial charge in [0.1, 0.15) is 12.6 Å². The molecule has 1 saturated heterocycles. The first-order chi connectivity index (χ1) is 17.5. The highest BCUT2D eigenvalue weighted by atomic mass is 16.5. The minimum Gasteiger partial charge on any atom is -0.377 e. The molecule has 1 heterocycles. The number of carbonyl (C=O) groups excluding carboxylic acids is 6. The smallest absolute Gasteiger partial charge is 0.312 e. The highest BCUT2D eigenvalue weighted by Gasteiger charge is 2.35. The van der Waals surface area contributed by atoms with Gasteiger partial charge in [-0.15, -0.1) is 0 Å². The fourth-order valence-corrected chi connectivity index (χ4v) is 3.47. The van der Waals surface area contributed by atoms with Crippen LogP contribution in [0, 0.1) is 11.8 Å². The number of primary amides is 1. The summed E-state index contributed by atoms with van der Waals surface area (Å²) in [6.45, 7) is 5.09. The zero-order valence-electron chi connectivity index (χ0n) is 22.2. The van der Waals surface area contributed by atoms with Crippen LogP contribution in [-0.2, 0) is 33.4 Å². The van der Waals surface area contributed by atoms with E-state index in [1.165, 1.54) is 4.90 Å². The number of Topliss-reactive ketones (excluding diaryl/α,β-unsaturated/α-hetero) is 1. The largest absolute Gasteiger partial charge is 0.377 e. The molecule has 1 rings (SSSR count). The van der Waals surface area contributed by atoms with Crippen LogP contribution in [0.3, 0.4) is 0 Å². The quantitative estimate of drug-likeness (QED) is 0.142. The van der Waals surface area contributed by atoms with E-state index in [4.69, 9.17) is 16.6 Å². The van der Waals surface area contributed by atoms with Gasteiger partial charge in [-0.3, -0.25) is 28.9 Å². The molecule has 0 aromatic heterocycles. The summed E-state index contributed by atoms with van der Waals surface area (Å²) in [5, 5.41) is 7.56. The van der Waals surface area contributed by atoms with Crippen LogP contribution in [0.1, 0.15) is 48.3 Å². The van der Waals surface area contributed by atoms with Crippen molar-refractivity contribution in [2.75, 3.05) is 39.5 Å². The van der Waals surface area contributed by atoms with Gasteiger partial charge in [-0.2, -0.15) is 0 Å². The number of nitrogens with two attached hydrogens (primary N) is 1. The molecule has 0 aromatic rings. The maximum Gasteiger partial charge on any atom is 0.312 e. The summed E-state index contributed by atoms with van der Waals surface area (Å²) in [4.78, 5) is 72.7. The van der Waals surface area contributed by atoms with Crippen molar-refractivity contribution in [3.63, 3.8) is 0 Å². The molecule has 204 valence electrons. The van der Waals surface area contributed by atoms with Crippen molar-refractivity contribution in [2.24, 2.45) is 17.6 Å². The lowest BCUT2D eigenvalue weighted by molar-refractivity contribution is -0.140. The Labute approximate surface area is 212 Å². The lowest BCUT2D eigenvalue weighted by Gasteiger charge is -2.24. The van der Waals surface area contributed by atoms with Crippen LogP contribution in [0.4, 0.5) is 4.79 Å². The Morgan fingerprint density at radius 1 is 1.14 bits per heavy atom. The first-order valence-electron chi connectivity index (χ1n) is 12.6. The van der Waals surface area contributed by atoms with E-state index >= 15 is 0 Å². The average Bonchev–Trinajstić information content (AvgIpc) is 3.08. The second-order valence-corrected chi connectivity index (χ2v) is 8.90. The summed E-state index contributed by atoms with van der Waals surface area (Å²) in [5.74, 6) is -2.62. The van der Waals surface area contributed by atoms with Crippen molar-refractivity contribution in [3.05, 3.63) is 0 Å². The van der Waals surface area contributed by atoms with Crippen LogP contribution < -0.4 is 21.7 Å². The highest BCUT2D eigenvalue weighted by Crippen LogP contribution is 2.17. The molecule has 0 aromatic carbocycles. The van der Waals surface area contributed by atoms with Gasteiger partial charge in [0.25, 0.3) is 0 Å². The molecule has 1 unspecified atom stereocenters. The lowest BCUT2D eigenvalue weighted by Crippen LogP contribution is -2.54. The molecule has 1 fully saturated rings. The summed E-state index contributed by atoms with van der Waals surface area (Å²) in [6.07, 6.45) is 0.769. The molecule has 0 aliphatic carbocycles. The Morgan fingerprint density at radius 2 is 1.83 bits per heavy atom. The van der Waals surface area contributed by atoms with E-state index in [0.717, 1.165) is 0 Å². The Kier molecular flexibility index (Phi) is 12.8. The number of ketones is 1. The normalized spacial score (nSPS) is 17.5. The molecule has 0 spiro atoms. The predicted molar refractivity (Wildman–Crippen MR) is 128 cm³/mol. The Balaban J connectivity index is 2.38. The van der Waals surface area contributed by atoms with Crippen LogP contribution >= 0.6 is 0 Å². The molecule has 1 aliphatic rings. The Morgan fingerprint density at radius 3 is 2.42 bits per heavy atom. The van der Waals surface area contributed by atoms with Crippen LogP contribution in [0.15, 0.2) is 0 Å². The van der Waals surface area contributed by atoms with Crippen molar-refractivity contribution in [3.8, 4) is 0 Å². The maximum atomic E-state index is 12.8. The SMILES string of the molecule is [2H]CC(=O)[C@H](CCCNC(N)=O)NC(=O)[C@@H](NC(=O)COCCOCCN1C(=O)CC(C)C1=O)C(C)C. The minimum atomic E-state index is -0.935. The first kappa shape index (κ1) is 29.2. The summed E-state index contributed by atoms with van der Waals surface area (Å²) >= 11 is 0. The molecule has 0 saturated carbocycles. The third kappa shape index (κ3) is 11.1. The molecular weight excluding hydrogens is 474 g/mol. The van der Waals surface area contributed by atoms with E-state index < -0.39 is 42.6 Å². The van der Waals surface area contributed by atoms with Gasteiger partial charge in [0.05, 0.1) is 32.4 Å². The van der Waals surface area contributed by atoms with E-state index in [9.17, 15) is 28.8 Å². The van der Waals surface area contributed by atoms with E-state index in [0.29, 0.717) is 6.42 Å². The zero-order valence-corrected chi connectivity index (χ0v) is 21.2. The van der Waals surface area contributed by atoms with Crippen molar-refractivity contribution in [1.82, 2.24) is 20.9 Å². The van der Waals surface area contributed by atoms with Gasteiger partial charge in [-0.1, -0.05) is 20.8 Å². The van der Waals surface area contributed by atoms with Crippen LogP contribution in [0.25, 0.3) is 0 Å². The van der Waals surface area contributed by atoms with Gasteiger partial charge in [0.15, 0.2) is 5.78 Å². The number of likely N-dealkylation sites (tertiary alicyclic amines) is 1. The number of nitrogens with one attached hydrogen (secondary N) is 3. The Hall–Kier alpha value is -3.06. The van der Waals surface area contributed by atoms with Gasteiger partial charge < -0.3 is 31.2 Å². The van der Waals surface area contributed by atoms with Gasteiger partial charge in [0, 0.05) is 20.3 Å². The molecule has 1 aliphatic heterocycles. The second kappa shape index (κ2) is 15.8. The van der Waals surface area contributed by atoms with Crippen molar-refractivity contribution in [2.45, 2.75) is 59.0 Å². The molecule has 6 amide bonds. The van der Waals surface area contributed by atoms with Gasteiger partial charge >= 0.3 is 6.03 Å². The van der Waals surface area contributed by atoms with E-state index in [2.05, 4.69) is 16.0 Å². The maximum absolute atomic E-state index is 12.8. The van der Waals surface area contributed by atoms with Crippen molar-refractivity contribution in [1.29, 1.82) is 0 Å². The number of hydrogen-bond donors (Lipinski definition) is 4. The van der Waals surface area contributed by atoms with Gasteiger partial charge in [-0.25, -0.2) is 4.79 Å². The standard InChI is InChI=1S/C23H39N5O8/c1-14(2)20(21(32)26-17(16(4)29)6-5-7-25-23(24)34)27-18(30)13-36-11-10-35-9-8-28-19(31)12-15(3)22(28)33/h14-15,17,20H,5-13H2,1-4H3,(H,26,32)(H,27,30)(H3,24,25,34)/t15?,17-,20-/m0/s1/i4D. The molecule has 13 heteroatoms. The first-order valence-corrected chi connectivity index (χ1v) is 11.9. The second-order valence-electron chi connectivity index (χ2n) is 8.90. The number of hydrogen-bond acceptors (Lipinski definition) is 8.